The lowest BCUT2D eigenvalue weighted by Crippen LogP contribution is -1.81. The highest BCUT2D eigenvalue weighted by Crippen LogP contribution is 2.42. The maximum atomic E-state index is 11.5. The third-order valence-electron chi connectivity index (χ3n) is 1.53. The first kappa shape index (κ1) is 10.9. The summed E-state index contributed by atoms with van der Waals surface area (Å²) in [6, 6.07) is 8.29. The van der Waals surface area contributed by atoms with E-state index in [0.717, 1.165) is 5.49 Å². The smallest absolute Gasteiger partial charge is 0.0916 e. The van der Waals surface area contributed by atoms with Gasteiger partial charge in [-0.15, -0.1) is 11.8 Å². The van der Waals surface area contributed by atoms with E-state index >= 15 is 0 Å². The summed E-state index contributed by atoms with van der Waals surface area (Å²) >= 11 is 1.68. The predicted molar refractivity (Wildman–Crippen MR) is 61.4 cm³/mol. The molecular weight excluding hydrogens is 199 g/mol. The van der Waals surface area contributed by atoms with E-state index in [0.29, 0.717) is 0 Å². The summed E-state index contributed by atoms with van der Waals surface area (Å²) in [7, 11) is -1.88. The minimum Gasteiger partial charge on any atom is -0.323 e. The second-order valence-electron chi connectivity index (χ2n) is 3.66. The molecule has 0 radical (unpaired) electrons. The van der Waals surface area contributed by atoms with Crippen molar-refractivity contribution in [3.05, 3.63) is 29.8 Å². The fraction of sp³-hybridized carbons (Fsp3) is 0.400. The number of rotatable bonds is 3. The molecule has 1 aromatic carbocycles. The van der Waals surface area contributed by atoms with Crippen LogP contribution in [0.15, 0.2) is 29.2 Å². The van der Waals surface area contributed by atoms with Crippen molar-refractivity contribution in [3.63, 3.8) is 0 Å². The minimum absolute atomic E-state index is 0.733. The molecule has 0 spiro atoms. The fourth-order valence-corrected chi connectivity index (χ4v) is 3.22. The number of aryl methyl sites for hydroxylation is 1. The molecule has 0 aliphatic carbocycles. The minimum atomic E-state index is -1.88. The van der Waals surface area contributed by atoms with E-state index < -0.39 is 7.14 Å². The van der Waals surface area contributed by atoms with Gasteiger partial charge < -0.3 is 4.57 Å². The first-order valence-corrected chi connectivity index (χ1v) is 7.98. The summed E-state index contributed by atoms with van der Waals surface area (Å²) in [4.78, 5) is 1.21. The van der Waals surface area contributed by atoms with Crippen molar-refractivity contribution in [2.45, 2.75) is 11.8 Å². The van der Waals surface area contributed by atoms with Crippen molar-refractivity contribution in [1.82, 2.24) is 0 Å². The molecular formula is C10H15OPS. The Balaban J connectivity index is 2.60. The van der Waals surface area contributed by atoms with Crippen LogP contribution in [0.25, 0.3) is 0 Å². The van der Waals surface area contributed by atoms with Gasteiger partial charge in [-0.05, 0) is 32.4 Å². The van der Waals surface area contributed by atoms with Gasteiger partial charge in [-0.3, -0.25) is 0 Å². The van der Waals surface area contributed by atoms with Crippen molar-refractivity contribution in [3.8, 4) is 0 Å². The maximum Gasteiger partial charge on any atom is 0.0916 e. The lowest BCUT2D eigenvalue weighted by Gasteiger charge is -2.06. The zero-order chi connectivity index (χ0) is 9.90. The van der Waals surface area contributed by atoms with E-state index in [-0.39, 0.29) is 0 Å². The number of benzene rings is 1. The highest BCUT2D eigenvalue weighted by Gasteiger charge is 2.07. The van der Waals surface area contributed by atoms with Crippen LogP contribution >= 0.6 is 18.9 Å². The van der Waals surface area contributed by atoms with Gasteiger partial charge in [0.05, 0.1) is 12.6 Å². The van der Waals surface area contributed by atoms with Crippen LogP contribution in [-0.4, -0.2) is 18.8 Å². The van der Waals surface area contributed by atoms with E-state index in [1.54, 1.807) is 11.8 Å². The lowest BCUT2D eigenvalue weighted by atomic mass is 10.2. The zero-order valence-corrected chi connectivity index (χ0v) is 9.99. The Bertz CT molecular complexity index is 329. The molecule has 0 amide bonds. The largest absolute Gasteiger partial charge is 0.323 e. The van der Waals surface area contributed by atoms with Gasteiger partial charge >= 0.3 is 0 Å². The van der Waals surface area contributed by atoms with E-state index in [9.17, 15) is 4.57 Å². The molecule has 1 rings (SSSR count). The molecule has 0 N–H and O–H groups in total. The molecule has 72 valence electrons. The molecule has 0 bridgehead atoms. The molecule has 0 heterocycles. The van der Waals surface area contributed by atoms with Gasteiger partial charge in [0.2, 0.25) is 0 Å². The quantitative estimate of drug-likeness (QED) is 0.564. The summed E-state index contributed by atoms with van der Waals surface area (Å²) < 4.78 is 11.5. The van der Waals surface area contributed by atoms with Crippen LogP contribution < -0.4 is 0 Å². The molecule has 0 atom stereocenters. The Morgan fingerprint density at radius 3 is 2.62 bits per heavy atom. The average Bonchev–Trinajstić information content (AvgIpc) is 2.00. The van der Waals surface area contributed by atoms with Crippen molar-refractivity contribution in [2.75, 3.05) is 18.8 Å². The van der Waals surface area contributed by atoms with Gasteiger partial charge in [-0.2, -0.15) is 0 Å². The third kappa shape index (κ3) is 4.54. The highest BCUT2D eigenvalue weighted by molar-refractivity contribution is 8.05. The van der Waals surface area contributed by atoms with E-state index in [1.807, 2.05) is 19.4 Å². The van der Waals surface area contributed by atoms with Crippen molar-refractivity contribution in [2.24, 2.45) is 0 Å². The first-order chi connectivity index (χ1) is 5.97. The molecule has 0 saturated heterocycles. The van der Waals surface area contributed by atoms with Crippen molar-refractivity contribution >= 4 is 18.9 Å². The average molecular weight is 214 g/mol. The van der Waals surface area contributed by atoms with Crippen molar-refractivity contribution < 1.29 is 4.57 Å². The zero-order valence-electron chi connectivity index (χ0n) is 8.28. The highest BCUT2D eigenvalue weighted by atomic mass is 32.2. The van der Waals surface area contributed by atoms with Gasteiger partial charge in [0.25, 0.3) is 0 Å². The SMILES string of the molecule is Cc1cccc(SCP(C)(C)=O)c1. The molecule has 0 fully saturated rings. The second kappa shape index (κ2) is 4.34. The molecule has 1 aromatic rings. The van der Waals surface area contributed by atoms with Crippen LogP contribution in [0.1, 0.15) is 5.56 Å². The fourth-order valence-electron chi connectivity index (χ4n) is 0.935. The molecule has 0 saturated carbocycles. The Labute approximate surface area is 84.3 Å². The van der Waals surface area contributed by atoms with E-state index in [2.05, 4.69) is 25.1 Å². The van der Waals surface area contributed by atoms with Crippen LogP contribution in [0.2, 0.25) is 0 Å². The number of thioether (sulfide) groups is 1. The molecule has 13 heavy (non-hydrogen) atoms. The summed E-state index contributed by atoms with van der Waals surface area (Å²) in [6.45, 7) is 5.73. The summed E-state index contributed by atoms with van der Waals surface area (Å²) in [5.74, 6) is 0. The predicted octanol–water partition coefficient (Wildman–Crippen LogP) is 3.67. The Morgan fingerprint density at radius 1 is 1.38 bits per heavy atom. The molecule has 0 aliphatic heterocycles. The monoisotopic (exact) mass is 214 g/mol. The van der Waals surface area contributed by atoms with E-state index in [1.165, 1.54) is 10.5 Å². The molecule has 0 aromatic heterocycles. The standard InChI is InChI=1S/C10H15OPS/c1-9-5-4-6-10(7-9)13-8-12(2,3)11/h4-7H,8H2,1-3H3. The third-order valence-corrected chi connectivity index (χ3v) is 5.12. The topological polar surface area (TPSA) is 17.1 Å². The number of hydrogen-bond donors (Lipinski definition) is 0. The molecule has 3 heteroatoms. The van der Waals surface area contributed by atoms with Gasteiger partial charge in [-0.1, -0.05) is 17.7 Å². The normalized spacial score (nSPS) is 11.6. The van der Waals surface area contributed by atoms with Crippen LogP contribution in [0, 0.1) is 6.92 Å². The summed E-state index contributed by atoms with van der Waals surface area (Å²) in [6.07, 6.45) is 0. The van der Waals surface area contributed by atoms with Crippen molar-refractivity contribution in [1.29, 1.82) is 0 Å². The Kier molecular flexibility index (Phi) is 3.63. The Hall–Kier alpha value is -0.200. The van der Waals surface area contributed by atoms with E-state index in [4.69, 9.17) is 0 Å². The summed E-state index contributed by atoms with van der Waals surface area (Å²) in [5, 5.41) is 0. The Morgan fingerprint density at radius 2 is 2.08 bits per heavy atom. The van der Waals surface area contributed by atoms with Crippen LogP contribution in [0.5, 0.6) is 0 Å². The molecule has 1 nitrogen and oxygen atoms in total. The molecule has 0 unspecified atom stereocenters. The van der Waals surface area contributed by atoms with Gasteiger partial charge in [0.1, 0.15) is 0 Å². The first-order valence-electron chi connectivity index (χ1n) is 4.21. The van der Waals surface area contributed by atoms with Crippen LogP contribution in [-0.2, 0) is 4.57 Å². The summed E-state index contributed by atoms with van der Waals surface area (Å²) in [5.41, 5.74) is 1.99. The maximum absolute atomic E-state index is 11.5. The second-order valence-corrected chi connectivity index (χ2v) is 8.60. The van der Waals surface area contributed by atoms with Gasteiger partial charge in [-0.25, -0.2) is 0 Å². The molecule has 0 aliphatic rings. The van der Waals surface area contributed by atoms with Gasteiger partial charge in [0.15, 0.2) is 0 Å². The van der Waals surface area contributed by atoms with Crippen LogP contribution in [0.3, 0.4) is 0 Å². The lowest BCUT2D eigenvalue weighted by molar-refractivity contribution is 0.585. The number of hydrogen-bond acceptors (Lipinski definition) is 2. The van der Waals surface area contributed by atoms with Crippen LogP contribution in [0.4, 0.5) is 0 Å². The van der Waals surface area contributed by atoms with Gasteiger partial charge in [0, 0.05) is 4.90 Å².